The Kier molecular flexibility index (Phi) is 4.61. The molecule has 1 aromatic heterocycles. The lowest BCUT2D eigenvalue weighted by Gasteiger charge is -2.17. The molecule has 0 amide bonds. The number of nitrogens with zero attached hydrogens (tertiary/aromatic N) is 2. The number of hydrogen-bond donors (Lipinski definition) is 1. The van der Waals surface area contributed by atoms with Crippen molar-refractivity contribution in [2.45, 2.75) is 32.9 Å². The predicted molar refractivity (Wildman–Crippen MR) is 79.6 cm³/mol. The van der Waals surface area contributed by atoms with Gasteiger partial charge in [0.05, 0.1) is 12.2 Å². The van der Waals surface area contributed by atoms with Crippen molar-refractivity contribution in [1.82, 2.24) is 15.1 Å². The highest BCUT2D eigenvalue weighted by molar-refractivity contribution is 6.32. The van der Waals surface area contributed by atoms with Gasteiger partial charge in [0, 0.05) is 23.3 Å². The highest BCUT2D eigenvalue weighted by atomic mass is 35.5. The molecule has 3 nitrogen and oxygen atoms in total. The van der Waals surface area contributed by atoms with Crippen LogP contribution in [0.1, 0.15) is 36.1 Å². The Bertz CT molecular complexity index is 548. The van der Waals surface area contributed by atoms with Crippen LogP contribution in [0.5, 0.6) is 0 Å². The molecule has 1 aromatic carbocycles. The molecule has 1 unspecified atom stereocenters. The molecule has 0 fully saturated rings. The molecule has 0 saturated carbocycles. The maximum absolute atomic E-state index is 6.42. The minimum atomic E-state index is 0.0815. The van der Waals surface area contributed by atoms with E-state index >= 15 is 0 Å². The Morgan fingerprint density at radius 1 is 1.42 bits per heavy atom. The zero-order chi connectivity index (χ0) is 13.8. The number of hydrogen-bond acceptors (Lipinski definition) is 2. The fourth-order valence-corrected chi connectivity index (χ4v) is 2.51. The zero-order valence-corrected chi connectivity index (χ0v) is 12.4. The monoisotopic (exact) mass is 277 g/mol. The van der Waals surface area contributed by atoms with E-state index < -0.39 is 0 Å². The first-order valence-electron chi connectivity index (χ1n) is 6.62. The van der Waals surface area contributed by atoms with Crippen molar-refractivity contribution >= 4 is 11.6 Å². The third-order valence-corrected chi connectivity index (χ3v) is 3.78. The molecule has 0 spiro atoms. The van der Waals surface area contributed by atoms with Crippen LogP contribution >= 0.6 is 11.6 Å². The Morgan fingerprint density at radius 2 is 2.21 bits per heavy atom. The van der Waals surface area contributed by atoms with Gasteiger partial charge in [-0.1, -0.05) is 36.7 Å². The number of aryl methyl sites for hydroxylation is 2. The maximum Gasteiger partial charge on any atom is 0.0620 e. The van der Waals surface area contributed by atoms with E-state index in [1.54, 1.807) is 0 Å². The molecule has 4 heteroatoms. The standard InChI is InChI=1S/C15H20ClN3/c1-4-8-19-10-12(9-18-19)15(17-3)13-7-5-6-11(2)14(13)16/h5-7,9-10,15,17H,4,8H2,1-3H3. The summed E-state index contributed by atoms with van der Waals surface area (Å²) in [5.74, 6) is 0. The van der Waals surface area contributed by atoms with Gasteiger partial charge in [-0.25, -0.2) is 0 Å². The topological polar surface area (TPSA) is 29.9 Å². The maximum atomic E-state index is 6.42. The van der Waals surface area contributed by atoms with E-state index in [1.807, 2.05) is 37.0 Å². The summed E-state index contributed by atoms with van der Waals surface area (Å²) in [5, 5.41) is 8.53. The number of aromatic nitrogens is 2. The fraction of sp³-hybridized carbons (Fsp3) is 0.400. The molecule has 0 aliphatic rings. The van der Waals surface area contributed by atoms with Gasteiger partial charge in [0.25, 0.3) is 0 Å². The molecule has 19 heavy (non-hydrogen) atoms. The van der Waals surface area contributed by atoms with Gasteiger partial charge in [0.1, 0.15) is 0 Å². The second-order valence-electron chi connectivity index (χ2n) is 4.74. The largest absolute Gasteiger partial charge is 0.309 e. The van der Waals surface area contributed by atoms with E-state index in [2.05, 4.69) is 29.6 Å². The SMILES string of the molecule is CCCn1cc(C(NC)c2cccc(C)c2Cl)cn1. The summed E-state index contributed by atoms with van der Waals surface area (Å²) >= 11 is 6.42. The molecule has 2 aromatic rings. The third kappa shape index (κ3) is 2.99. The van der Waals surface area contributed by atoms with Crippen LogP contribution in [0.4, 0.5) is 0 Å². The Balaban J connectivity index is 2.35. The van der Waals surface area contributed by atoms with Crippen LogP contribution in [0.2, 0.25) is 5.02 Å². The summed E-state index contributed by atoms with van der Waals surface area (Å²) < 4.78 is 1.98. The minimum absolute atomic E-state index is 0.0815. The molecule has 1 N–H and O–H groups in total. The molecular formula is C15H20ClN3. The van der Waals surface area contributed by atoms with Crippen LogP contribution < -0.4 is 5.32 Å². The average Bonchev–Trinajstić information content (AvgIpc) is 2.84. The lowest BCUT2D eigenvalue weighted by molar-refractivity contribution is 0.600. The normalized spacial score (nSPS) is 12.6. The van der Waals surface area contributed by atoms with Crippen LogP contribution in [0.3, 0.4) is 0 Å². The molecule has 0 aliphatic carbocycles. The summed E-state index contributed by atoms with van der Waals surface area (Å²) in [6.07, 6.45) is 5.08. The van der Waals surface area contributed by atoms with Crippen molar-refractivity contribution in [2.75, 3.05) is 7.05 Å². The highest BCUT2D eigenvalue weighted by Gasteiger charge is 2.17. The van der Waals surface area contributed by atoms with Gasteiger partial charge < -0.3 is 5.32 Å². The van der Waals surface area contributed by atoms with Crippen LogP contribution in [0.15, 0.2) is 30.6 Å². The van der Waals surface area contributed by atoms with Gasteiger partial charge >= 0.3 is 0 Å². The molecule has 0 saturated heterocycles. The lowest BCUT2D eigenvalue weighted by atomic mass is 10.00. The van der Waals surface area contributed by atoms with E-state index in [-0.39, 0.29) is 6.04 Å². The van der Waals surface area contributed by atoms with Gasteiger partial charge in [0.15, 0.2) is 0 Å². The molecule has 102 valence electrons. The van der Waals surface area contributed by atoms with Crippen LogP contribution in [-0.2, 0) is 6.54 Å². The minimum Gasteiger partial charge on any atom is -0.309 e. The average molecular weight is 278 g/mol. The molecular weight excluding hydrogens is 258 g/mol. The van der Waals surface area contributed by atoms with Gasteiger partial charge in [-0.3, -0.25) is 4.68 Å². The summed E-state index contributed by atoms with van der Waals surface area (Å²) in [6.45, 7) is 5.12. The van der Waals surface area contributed by atoms with Crippen molar-refractivity contribution in [3.05, 3.63) is 52.3 Å². The Morgan fingerprint density at radius 3 is 2.89 bits per heavy atom. The molecule has 1 atom stereocenters. The summed E-state index contributed by atoms with van der Waals surface area (Å²) in [7, 11) is 1.94. The lowest BCUT2D eigenvalue weighted by Crippen LogP contribution is -2.17. The van der Waals surface area contributed by atoms with Crippen LogP contribution in [-0.4, -0.2) is 16.8 Å². The van der Waals surface area contributed by atoms with E-state index in [0.717, 1.165) is 34.7 Å². The molecule has 0 aliphatic heterocycles. The Labute approximate surface area is 119 Å². The third-order valence-electron chi connectivity index (χ3n) is 3.26. The molecule has 0 bridgehead atoms. The smallest absolute Gasteiger partial charge is 0.0620 e. The van der Waals surface area contributed by atoms with Gasteiger partial charge in [-0.2, -0.15) is 5.10 Å². The second-order valence-corrected chi connectivity index (χ2v) is 5.11. The fourth-order valence-electron chi connectivity index (χ4n) is 2.27. The van der Waals surface area contributed by atoms with Crippen LogP contribution in [0, 0.1) is 6.92 Å². The van der Waals surface area contributed by atoms with E-state index in [0.29, 0.717) is 0 Å². The quantitative estimate of drug-likeness (QED) is 0.906. The first-order chi connectivity index (χ1) is 9.17. The van der Waals surface area contributed by atoms with Crippen molar-refractivity contribution in [1.29, 1.82) is 0 Å². The first kappa shape index (κ1) is 14.1. The molecule has 1 heterocycles. The van der Waals surface area contributed by atoms with Gasteiger partial charge in [-0.15, -0.1) is 0 Å². The van der Waals surface area contributed by atoms with Crippen molar-refractivity contribution in [3.63, 3.8) is 0 Å². The van der Waals surface area contributed by atoms with Gasteiger partial charge in [0.2, 0.25) is 0 Å². The predicted octanol–water partition coefficient (Wildman–Crippen LogP) is 3.56. The summed E-state index contributed by atoms with van der Waals surface area (Å²) in [4.78, 5) is 0. The number of rotatable bonds is 5. The van der Waals surface area contributed by atoms with Crippen molar-refractivity contribution < 1.29 is 0 Å². The second kappa shape index (κ2) is 6.22. The summed E-state index contributed by atoms with van der Waals surface area (Å²) in [5.41, 5.74) is 3.34. The van der Waals surface area contributed by atoms with Crippen molar-refractivity contribution in [2.24, 2.45) is 0 Å². The van der Waals surface area contributed by atoms with Gasteiger partial charge in [-0.05, 0) is 31.5 Å². The van der Waals surface area contributed by atoms with Crippen LogP contribution in [0.25, 0.3) is 0 Å². The molecule has 2 rings (SSSR count). The van der Waals surface area contributed by atoms with Crippen molar-refractivity contribution in [3.8, 4) is 0 Å². The number of nitrogens with one attached hydrogen (secondary N) is 1. The zero-order valence-electron chi connectivity index (χ0n) is 11.7. The number of halogens is 1. The first-order valence-corrected chi connectivity index (χ1v) is 6.99. The number of benzene rings is 1. The highest BCUT2D eigenvalue weighted by Crippen LogP contribution is 2.30. The van der Waals surface area contributed by atoms with E-state index in [9.17, 15) is 0 Å². The summed E-state index contributed by atoms with van der Waals surface area (Å²) in [6, 6.07) is 6.21. The Hall–Kier alpha value is -1.32. The molecule has 0 radical (unpaired) electrons. The van der Waals surface area contributed by atoms with E-state index in [4.69, 9.17) is 11.6 Å². The van der Waals surface area contributed by atoms with E-state index in [1.165, 1.54) is 0 Å².